The van der Waals surface area contributed by atoms with Crippen LogP contribution in [0.1, 0.15) is 16.8 Å². The van der Waals surface area contributed by atoms with Gasteiger partial charge in [-0.3, -0.25) is 14.7 Å². The highest BCUT2D eigenvalue weighted by molar-refractivity contribution is 5.53. The summed E-state index contributed by atoms with van der Waals surface area (Å²) in [5, 5.41) is 0. The van der Waals surface area contributed by atoms with Crippen LogP contribution in [0.25, 0.3) is 11.4 Å². The molecule has 3 aromatic rings. The Morgan fingerprint density at radius 3 is 2.88 bits per heavy atom. The van der Waals surface area contributed by atoms with Gasteiger partial charge < -0.3 is 4.98 Å². The van der Waals surface area contributed by atoms with Crippen molar-refractivity contribution in [1.82, 2.24) is 19.9 Å². The summed E-state index contributed by atoms with van der Waals surface area (Å²) in [6.45, 7) is 1.34. The van der Waals surface area contributed by atoms with Crippen molar-refractivity contribution in [1.29, 1.82) is 0 Å². The van der Waals surface area contributed by atoms with Crippen LogP contribution in [0.2, 0.25) is 0 Å². The van der Waals surface area contributed by atoms with Gasteiger partial charge in [-0.15, -0.1) is 0 Å². The molecule has 0 saturated heterocycles. The van der Waals surface area contributed by atoms with Crippen LogP contribution in [0, 0.1) is 11.6 Å². The van der Waals surface area contributed by atoms with E-state index in [1.807, 2.05) is 11.0 Å². The van der Waals surface area contributed by atoms with Crippen molar-refractivity contribution >= 4 is 0 Å². The molecule has 0 bridgehead atoms. The third-order valence-corrected chi connectivity index (χ3v) is 4.49. The molecule has 0 saturated carbocycles. The molecule has 7 heteroatoms. The first-order chi connectivity index (χ1) is 12.6. The topological polar surface area (TPSA) is 61.9 Å². The molecule has 2 aromatic heterocycles. The summed E-state index contributed by atoms with van der Waals surface area (Å²) in [5.74, 6) is -0.673. The smallest absolute Gasteiger partial charge is 0.255 e. The van der Waals surface area contributed by atoms with Crippen molar-refractivity contribution in [3.05, 3.63) is 81.5 Å². The molecule has 0 fully saturated rings. The Bertz CT molecular complexity index is 1000. The average molecular weight is 354 g/mol. The number of hydrogen-bond acceptors (Lipinski definition) is 4. The lowest BCUT2D eigenvalue weighted by atomic mass is 10.1. The fourth-order valence-electron chi connectivity index (χ4n) is 3.15. The van der Waals surface area contributed by atoms with E-state index in [0.717, 1.165) is 17.3 Å². The fourth-order valence-corrected chi connectivity index (χ4v) is 3.15. The number of halogens is 2. The van der Waals surface area contributed by atoms with Gasteiger partial charge in [0.05, 0.1) is 11.3 Å². The molecule has 1 N–H and O–H groups in total. The maximum Gasteiger partial charge on any atom is 0.255 e. The summed E-state index contributed by atoms with van der Waals surface area (Å²) in [6, 6.07) is 7.18. The average Bonchev–Trinajstić information content (AvgIpc) is 2.65. The molecule has 5 nitrogen and oxygen atoms in total. The quantitative estimate of drug-likeness (QED) is 0.786. The molecule has 0 spiro atoms. The van der Waals surface area contributed by atoms with Crippen LogP contribution in [-0.2, 0) is 19.5 Å². The van der Waals surface area contributed by atoms with Gasteiger partial charge in [0, 0.05) is 55.6 Å². The number of H-pyrrole nitrogens is 1. The standard InChI is InChI=1S/C19H16F2N4O/c20-14-4-3-13(16(21)8-14)10-25-7-5-17-15(11-25)19(26)24-18(23-17)12-2-1-6-22-9-12/h1-4,6,8-9H,5,7,10-11H2,(H,23,24,26). The SMILES string of the molecule is O=c1[nH]c(-c2cccnc2)nc2c1CN(Cc1ccc(F)cc1F)CC2. The molecule has 0 atom stereocenters. The van der Waals surface area contributed by atoms with Crippen molar-refractivity contribution in [3.8, 4) is 11.4 Å². The lowest BCUT2D eigenvalue weighted by molar-refractivity contribution is 0.238. The highest BCUT2D eigenvalue weighted by Crippen LogP contribution is 2.20. The van der Waals surface area contributed by atoms with E-state index in [4.69, 9.17) is 0 Å². The number of nitrogens with one attached hydrogen (secondary N) is 1. The van der Waals surface area contributed by atoms with E-state index in [0.29, 0.717) is 43.0 Å². The molecule has 0 unspecified atom stereocenters. The predicted molar refractivity (Wildman–Crippen MR) is 92.3 cm³/mol. The second-order valence-electron chi connectivity index (χ2n) is 6.28. The molecule has 1 aliphatic rings. The Morgan fingerprint density at radius 2 is 2.12 bits per heavy atom. The van der Waals surface area contributed by atoms with E-state index in [-0.39, 0.29) is 5.56 Å². The van der Waals surface area contributed by atoms with Crippen LogP contribution in [0.4, 0.5) is 8.78 Å². The molecule has 4 rings (SSSR count). The minimum absolute atomic E-state index is 0.196. The maximum absolute atomic E-state index is 13.9. The molecule has 132 valence electrons. The van der Waals surface area contributed by atoms with Gasteiger partial charge in [-0.2, -0.15) is 0 Å². The zero-order valence-electron chi connectivity index (χ0n) is 13.9. The first-order valence-electron chi connectivity index (χ1n) is 8.29. The first kappa shape index (κ1) is 16.5. The highest BCUT2D eigenvalue weighted by atomic mass is 19.1. The summed E-state index contributed by atoms with van der Waals surface area (Å²) in [7, 11) is 0. The number of aromatic amines is 1. The van der Waals surface area contributed by atoms with Crippen LogP contribution >= 0.6 is 0 Å². The number of aromatic nitrogens is 3. The minimum atomic E-state index is -0.598. The fraction of sp³-hybridized carbons (Fsp3) is 0.211. The number of fused-ring (bicyclic) bond motifs is 1. The lowest BCUT2D eigenvalue weighted by Crippen LogP contribution is -2.35. The minimum Gasteiger partial charge on any atom is -0.306 e. The van der Waals surface area contributed by atoms with Crippen molar-refractivity contribution in [2.45, 2.75) is 19.5 Å². The molecule has 3 heterocycles. The Morgan fingerprint density at radius 1 is 1.23 bits per heavy atom. The van der Waals surface area contributed by atoms with Crippen molar-refractivity contribution in [2.75, 3.05) is 6.54 Å². The summed E-state index contributed by atoms with van der Waals surface area (Å²) in [5.41, 5.74) is 2.31. The maximum atomic E-state index is 13.9. The predicted octanol–water partition coefficient (Wildman–Crippen LogP) is 2.67. The Labute approximate surface area is 148 Å². The number of benzene rings is 1. The van der Waals surface area contributed by atoms with Crippen LogP contribution in [-0.4, -0.2) is 26.4 Å². The van der Waals surface area contributed by atoms with Crippen molar-refractivity contribution < 1.29 is 8.78 Å². The van der Waals surface area contributed by atoms with Crippen molar-refractivity contribution in [2.24, 2.45) is 0 Å². The zero-order chi connectivity index (χ0) is 18.1. The van der Waals surface area contributed by atoms with Crippen LogP contribution in [0.3, 0.4) is 0 Å². The molecule has 1 aromatic carbocycles. The number of rotatable bonds is 3. The molecule has 0 aliphatic carbocycles. The van der Waals surface area contributed by atoms with Gasteiger partial charge in [-0.1, -0.05) is 6.07 Å². The van der Waals surface area contributed by atoms with E-state index >= 15 is 0 Å². The summed E-state index contributed by atoms with van der Waals surface area (Å²) in [6.07, 6.45) is 3.90. The van der Waals surface area contributed by atoms with Crippen LogP contribution in [0.5, 0.6) is 0 Å². The number of pyridine rings is 1. The van der Waals surface area contributed by atoms with Gasteiger partial charge in [-0.25, -0.2) is 13.8 Å². The van der Waals surface area contributed by atoms with Crippen molar-refractivity contribution in [3.63, 3.8) is 0 Å². The Balaban J connectivity index is 1.58. The van der Waals surface area contributed by atoms with Gasteiger partial charge >= 0.3 is 0 Å². The summed E-state index contributed by atoms with van der Waals surface area (Å²) in [4.78, 5) is 25.9. The lowest BCUT2D eigenvalue weighted by Gasteiger charge is -2.27. The van der Waals surface area contributed by atoms with Crippen LogP contribution < -0.4 is 5.56 Å². The van der Waals surface area contributed by atoms with Gasteiger partial charge in [0.15, 0.2) is 0 Å². The monoisotopic (exact) mass is 354 g/mol. The van der Waals surface area contributed by atoms with E-state index in [1.165, 1.54) is 12.1 Å². The summed E-state index contributed by atoms with van der Waals surface area (Å²) < 4.78 is 26.9. The zero-order valence-corrected chi connectivity index (χ0v) is 13.9. The van der Waals surface area contributed by atoms with Gasteiger partial charge in [0.1, 0.15) is 17.5 Å². The second-order valence-corrected chi connectivity index (χ2v) is 6.28. The number of nitrogens with zero attached hydrogens (tertiary/aromatic N) is 3. The normalized spacial score (nSPS) is 14.2. The molecule has 1 aliphatic heterocycles. The molecular formula is C19H16F2N4O. The van der Waals surface area contributed by atoms with Gasteiger partial charge in [0.25, 0.3) is 5.56 Å². The molecule has 0 amide bonds. The summed E-state index contributed by atoms with van der Waals surface area (Å²) >= 11 is 0. The third kappa shape index (κ3) is 3.25. The first-order valence-corrected chi connectivity index (χ1v) is 8.29. The van der Waals surface area contributed by atoms with E-state index in [2.05, 4.69) is 15.0 Å². The Kier molecular flexibility index (Phi) is 4.30. The van der Waals surface area contributed by atoms with Gasteiger partial charge in [-0.05, 0) is 18.2 Å². The second kappa shape index (κ2) is 6.76. The molecular weight excluding hydrogens is 338 g/mol. The van der Waals surface area contributed by atoms with E-state index in [1.54, 1.807) is 18.5 Å². The largest absolute Gasteiger partial charge is 0.306 e. The van der Waals surface area contributed by atoms with E-state index in [9.17, 15) is 13.6 Å². The van der Waals surface area contributed by atoms with Crippen LogP contribution in [0.15, 0.2) is 47.5 Å². The molecule has 26 heavy (non-hydrogen) atoms. The highest BCUT2D eigenvalue weighted by Gasteiger charge is 2.22. The van der Waals surface area contributed by atoms with Gasteiger partial charge in [0.2, 0.25) is 0 Å². The Hall–Kier alpha value is -2.93. The van der Waals surface area contributed by atoms with E-state index < -0.39 is 11.6 Å². The number of hydrogen-bond donors (Lipinski definition) is 1. The molecule has 0 radical (unpaired) electrons. The third-order valence-electron chi connectivity index (χ3n) is 4.49.